The van der Waals surface area contributed by atoms with Crippen LogP contribution >= 0.6 is 0 Å². The molecule has 3 aromatic heterocycles. The van der Waals surface area contributed by atoms with Crippen molar-refractivity contribution in [2.45, 2.75) is 0 Å². The molecule has 234 valence electrons. The Bertz CT molecular complexity index is 3240. The minimum Gasteiger partial charge on any atom is -0.455 e. The minimum absolute atomic E-state index is 0.0193. The van der Waals surface area contributed by atoms with Crippen LogP contribution < -0.4 is 0 Å². The summed E-state index contributed by atoms with van der Waals surface area (Å²) >= 11 is 0. The van der Waals surface area contributed by atoms with Gasteiger partial charge in [0.1, 0.15) is 11.2 Å². The van der Waals surface area contributed by atoms with Gasteiger partial charge in [0.05, 0.1) is 38.6 Å². The summed E-state index contributed by atoms with van der Waals surface area (Å²) in [4.78, 5) is 14.6. The summed E-state index contributed by atoms with van der Waals surface area (Å²) in [6.07, 6.45) is 0. The molecule has 0 aliphatic heterocycles. The van der Waals surface area contributed by atoms with E-state index in [1.807, 2.05) is 95.6 Å². The van der Waals surface area contributed by atoms with E-state index in [1.54, 1.807) is 24.3 Å². The Morgan fingerprint density at radius 1 is 0.460 bits per heavy atom. The molecule has 0 fully saturated rings. The van der Waals surface area contributed by atoms with Crippen molar-refractivity contribution in [1.29, 1.82) is 0 Å². The van der Waals surface area contributed by atoms with Gasteiger partial charge < -0.3 is 8.98 Å². The van der Waals surface area contributed by atoms with Crippen molar-refractivity contribution >= 4 is 43.7 Å². The number of hydrogen-bond acceptors (Lipinski definition) is 4. The minimum atomic E-state index is -0.477. The molecular weight excluding hydrogens is 613 g/mol. The SMILES string of the molecule is [2H]c1cc(-c2nc(-c3ccccc3)nc(-c3ccccc3)n2)c2oc3c([2H])cc([2H])c(-n4c5ccccc5c5c(-c6c([2H])c([2H])c([2H])c([2H])c6[2H])cccc54)c3c2c1. The first kappa shape index (κ1) is 21.2. The molecule has 0 spiro atoms. The average molecular weight is 649 g/mol. The van der Waals surface area contributed by atoms with Crippen LogP contribution in [0.2, 0.25) is 0 Å². The Hall–Kier alpha value is -6.85. The molecule has 0 saturated heterocycles. The molecule has 3 heterocycles. The van der Waals surface area contributed by atoms with E-state index in [4.69, 9.17) is 29.0 Å². The highest BCUT2D eigenvalue weighted by Crippen LogP contribution is 2.43. The van der Waals surface area contributed by atoms with Gasteiger partial charge in [-0.3, -0.25) is 0 Å². The van der Waals surface area contributed by atoms with Gasteiger partial charge in [0.25, 0.3) is 0 Å². The summed E-state index contributed by atoms with van der Waals surface area (Å²) in [6.45, 7) is 0. The van der Waals surface area contributed by atoms with E-state index >= 15 is 0 Å². The first-order valence-corrected chi connectivity index (χ1v) is 16.0. The van der Waals surface area contributed by atoms with Crippen molar-refractivity contribution in [2.24, 2.45) is 0 Å². The van der Waals surface area contributed by atoms with Gasteiger partial charge in [-0.05, 0) is 41.4 Å². The number of furan rings is 1. The van der Waals surface area contributed by atoms with Crippen molar-refractivity contribution in [3.05, 3.63) is 170 Å². The molecule has 0 aliphatic carbocycles. The van der Waals surface area contributed by atoms with Crippen LogP contribution in [0, 0.1) is 0 Å². The summed E-state index contributed by atoms with van der Waals surface area (Å²) in [5.41, 5.74) is 4.66. The van der Waals surface area contributed by atoms with Crippen LogP contribution in [0.15, 0.2) is 174 Å². The Morgan fingerprint density at radius 2 is 1.14 bits per heavy atom. The predicted molar refractivity (Wildman–Crippen MR) is 203 cm³/mol. The fourth-order valence-electron chi connectivity index (χ4n) is 6.76. The number of fused-ring (bicyclic) bond motifs is 6. The number of aromatic nitrogens is 4. The molecule has 0 radical (unpaired) electrons. The third-order valence-electron chi connectivity index (χ3n) is 8.92. The van der Waals surface area contributed by atoms with Crippen molar-refractivity contribution < 1.29 is 15.4 Å². The topological polar surface area (TPSA) is 56.7 Å². The monoisotopic (exact) mass is 648 g/mol. The highest BCUT2D eigenvalue weighted by molar-refractivity contribution is 6.18. The summed E-state index contributed by atoms with van der Waals surface area (Å²) in [5, 5.41) is 2.26. The lowest BCUT2D eigenvalue weighted by atomic mass is 9.99. The molecule has 0 aliphatic rings. The van der Waals surface area contributed by atoms with Crippen LogP contribution in [0.3, 0.4) is 0 Å². The molecule has 5 heteroatoms. The van der Waals surface area contributed by atoms with Gasteiger partial charge in [0, 0.05) is 27.3 Å². The fraction of sp³-hybridized carbons (Fsp3) is 0. The summed E-state index contributed by atoms with van der Waals surface area (Å²) in [7, 11) is 0. The van der Waals surface area contributed by atoms with E-state index in [0.29, 0.717) is 61.2 Å². The maximum atomic E-state index is 9.43. The fourth-order valence-corrected chi connectivity index (χ4v) is 6.76. The van der Waals surface area contributed by atoms with Crippen molar-refractivity contribution in [3.63, 3.8) is 0 Å². The maximum absolute atomic E-state index is 9.43. The van der Waals surface area contributed by atoms with Crippen LogP contribution in [-0.4, -0.2) is 19.5 Å². The van der Waals surface area contributed by atoms with Crippen LogP contribution in [0.25, 0.3) is 94.7 Å². The Balaban J connectivity index is 1.29. The molecule has 7 aromatic carbocycles. The quantitative estimate of drug-likeness (QED) is 0.186. The molecule has 0 unspecified atom stereocenters. The number of para-hydroxylation sites is 2. The van der Waals surface area contributed by atoms with Gasteiger partial charge in [-0.25, -0.2) is 15.0 Å². The van der Waals surface area contributed by atoms with E-state index in [9.17, 15) is 1.37 Å². The first-order chi connectivity index (χ1) is 28.1. The van der Waals surface area contributed by atoms with Gasteiger partial charge in [0.2, 0.25) is 0 Å². The van der Waals surface area contributed by atoms with E-state index in [-0.39, 0.29) is 47.2 Å². The Labute approximate surface area is 299 Å². The van der Waals surface area contributed by atoms with Gasteiger partial charge in [-0.1, -0.05) is 139 Å². The Kier molecular flexibility index (Phi) is 4.83. The number of benzene rings is 7. The second-order valence-corrected chi connectivity index (χ2v) is 11.8. The zero-order valence-electron chi connectivity index (χ0n) is 34.2. The van der Waals surface area contributed by atoms with Crippen molar-refractivity contribution in [2.75, 3.05) is 0 Å². The first-order valence-electron chi connectivity index (χ1n) is 20.0. The van der Waals surface area contributed by atoms with Crippen LogP contribution in [0.1, 0.15) is 11.0 Å². The van der Waals surface area contributed by atoms with Crippen molar-refractivity contribution in [3.8, 4) is 51.0 Å². The highest BCUT2D eigenvalue weighted by atomic mass is 16.3. The highest BCUT2D eigenvalue weighted by Gasteiger charge is 2.22. The smallest absolute Gasteiger partial charge is 0.167 e. The molecule has 50 heavy (non-hydrogen) atoms. The van der Waals surface area contributed by atoms with Gasteiger partial charge in [-0.15, -0.1) is 0 Å². The second kappa shape index (κ2) is 11.4. The number of hydrogen-bond donors (Lipinski definition) is 0. The molecule has 10 aromatic rings. The third kappa shape index (κ3) is 4.45. The molecule has 0 N–H and O–H groups in total. The van der Waals surface area contributed by atoms with Crippen molar-refractivity contribution in [1.82, 2.24) is 19.5 Å². The Morgan fingerprint density at radius 3 is 1.90 bits per heavy atom. The molecular formula is C45H28N4O. The summed E-state index contributed by atoms with van der Waals surface area (Å²) < 4.78 is 78.7. The molecule has 0 bridgehead atoms. The van der Waals surface area contributed by atoms with Crippen LogP contribution in [0.4, 0.5) is 0 Å². The van der Waals surface area contributed by atoms with E-state index in [1.165, 1.54) is 6.07 Å². The van der Waals surface area contributed by atoms with Gasteiger partial charge in [-0.2, -0.15) is 0 Å². The summed E-state index contributed by atoms with van der Waals surface area (Å²) in [6, 6.07) is 34.8. The second-order valence-electron chi connectivity index (χ2n) is 11.8. The van der Waals surface area contributed by atoms with Crippen LogP contribution in [0.5, 0.6) is 0 Å². The van der Waals surface area contributed by atoms with E-state index in [2.05, 4.69) is 0 Å². The maximum Gasteiger partial charge on any atom is 0.167 e. The molecule has 0 amide bonds. The third-order valence-corrected chi connectivity index (χ3v) is 8.92. The molecule has 0 saturated carbocycles. The normalized spacial score (nSPS) is 13.8. The average Bonchev–Trinajstić information content (AvgIpc) is 3.80. The predicted octanol–water partition coefficient (Wildman–Crippen LogP) is 11.5. The summed E-state index contributed by atoms with van der Waals surface area (Å²) in [5.74, 6) is 1.13. The zero-order chi connectivity index (χ0) is 40.0. The standard InChI is InChI=1S/C45H28N4O/c1-4-15-29(16-5-1)32-22-13-26-37-40(32)33-21-10-11-25-36(33)49(37)38-27-14-28-39-41(38)34-23-12-24-35(42(34)50-39)45-47-43(30-17-6-2-7-18-30)46-44(48-45)31-19-8-3-9-20-31/h1-28H/i1D,4D,5D,12D,15D,16D,27D,28D. The zero-order valence-corrected chi connectivity index (χ0v) is 26.2. The van der Waals surface area contributed by atoms with E-state index < -0.39 is 18.1 Å². The van der Waals surface area contributed by atoms with Gasteiger partial charge in [0.15, 0.2) is 17.5 Å². The van der Waals surface area contributed by atoms with Gasteiger partial charge >= 0.3 is 0 Å². The number of nitrogens with zero attached hydrogens (tertiary/aromatic N) is 4. The molecule has 10 rings (SSSR count). The lowest BCUT2D eigenvalue weighted by Gasteiger charge is -2.10. The lowest BCUT2D eigenvalue weighted by Crippen LogP contribution is -2.00. The van der Waals surface area contributed by atoms with E-state index in [0.717, 1.165) is 16.5 Å². The molecule has 0 atom stereocenters. The number of rotatable bonds is 5. The largest absolute Gasteiger partial charge is 0.455 e. The lowest BCUT2D eigenvalue weighted by molar-refractivity contribution is 0.669. The molecule has 5 nitrogen and oxygen atoms in total. The van der Waals surface area contributed by atoms with Crippen LogP contribution in [-0.2, 0) is 0 Å².